The second kappa shape index (κ2) is 6.84. The number of benzene rings is 2. The molecule has 0 radical (unpaired) electrons. The van der Waals surface area contributed by atoms with Gasteiger partial charge < -0.3 is 14.4 Å². The largest absolute Gasteiger partial charge is 0.383 e. The first-order valence-electron chi connectivity index (χ1n) is 7.60. The Labute approximate surface area is 169 Å². The fourth-order valence-corrected chi connectivity index (χ4v) is 4.11. The number of hydrogen-bond donors (Lipinski definition) is 1. The first kappa shape index (κ1) is 19.7. The molecule has 1 atom stereocenters. The molecule has 2 aromatic rings. The first-order chi connectivity index (χ1) is 12.6. The maximum atomic E-state index is 13.7. The second-order valence-corrected chi connectivity index (χ2v) is 8.79. The Hall–Kier alpha value is -2.04. The average Bonchev–Trinajstić information content (AvgIpc) is 2.80. The Balaban J connectivity index is 2.18. The van der Waals surface area contributed by atoms with Crippen molar-refractivity contribution in [2.75, 3.05) is 13.3 Å². The monoisotopic (exact) mass is 472 g/mol. The smallest absolute Gasteiger partial charge is 0.306 e. The molecule has 0 bridgehead atoms. The van der Waals surface area contributed by atoms with E-state index in [1.54, 1.807) is 24.1 Å². The summed E-state index contributed by atoms with van der Waals surface area (Å²) in [6.07, 6.45) is 0.940. The highest BCUT2D eigenvalue weighted by atomic mass is 79.9. The van der Waals surface area contributed by atoms with E-state index in [4.69, 9.17) is 16.4 Å². The minimum Gasteiger partial charge on any atom is -0.383 e. The lowest BCUT2D eigenvalue weighted by Crippen LogP contribution is -2.45. The number of hydrogen-bond acceptors (Lipinski definition) is 5. The van der Waals surface area contributed by atoms with E-state index < -0.39 is 27.4 Å². The summed E-state index contributed by atoms with van der Waals surface area (Å²) in [7, 11) is -2.02. The highest BCUT2D eigenvalue weighted by Gasteiger charge is 2.52. The van der Waals surface area contributed by atoms with Gasteiger partial charge in [0.1, 0.15) is 11.6 Å². The highest BCUT2D eigenvalue weighted by molar-refractivity contribution is 9.10. The molecule has 1 aliphatic heterocycles. The standard InChI is InChI=1S/C17H14BrFN2O4S2/c1-21-16(26)20-15(22)17(21,11-5-8-14(19)13(18)9-11)10-3-6-12(7-4-10)25-27(2,23)24/h3-9H,1-2H3,(H,20,22,26). The molecule has 1 heterocycles. The van der Waals surface area contributed by atoms with Gasteiger partial charge >= 0.3 is 10.1 Å². The quantitative estimate of drug-likeness (QED) is 0.544. The van der Waals surface area contributed by atoms with Crippen molar-refractivity contribution in [2.24, 2.45) is 0 Å². The van der Waals surface area contributed by atoms with E-state index in [0.717, 1.165) is 6.26 Å². The molecule has 1 unspecified atom stereocenters. The summed E-state index contributed by atoms with van der Waals surface area (Å²) in [4.78, 5) is 14.5. The van der Waals surface area contributed by atoms with Crippen LogP contribution in [0, 0.1) is 5.82 Å². The lowest BCUT2D eigenvalue weighted by molar-refractivity contribution is -0.124. The minimum atomic E-state index is -3.68. The van der Waals surface area contributed by atoms with E-state index in [2.05, 4.69) is 21.2 Å². The lowest BCUT2D eigenvalue weighted by Gasteiger charge is -2.35. The molecule has 1 saturated heterocycles. The molecule has 0 aliphatic carbocycles. The third-order valence-electron chi connectivity index (χ3n) is 4.21. The van der Waals surface area contributed by atoms with E-state index in [-0.39, 0.29) is 15.3 Å². The van der Waals surface area contributed by atoms with E-state index in [9.17, 15) is 17.6 Å². The number of nitrogens with zero attached hydrogens (tertiary/aromatic N) is 1. The van der Waals surface area contributed by atoms with Crippen molar-refractivity contribution in [1.82, 2.24) is 10.2 Å². The van der Waals surface area contributed by atoms with Crippen LogP contribution >= 0.6 is 28.1 Å². The van der Waals surface area contributed by atoms with E-state index >= 15 is 0 Å². The average molecular weight is 473 g/mol. The third kappa shape index (κ3) is 3.44. The number of thiocarbonyl (C=S) groups is 1. The molecule has 6 nitrogen and oxygen atoms in total. The molecular formula is C17H14BrFN2O4S2. The summed E-state index contributed by atoms with van der Waals surface area (Å²) in [5, 5.41) is 2.84. The molecule has 1 N–H and O–H groups in total. The van der Waals surface area contributed by atoms with Crippen LogP contribution in [0.15, 0.2) is 46.9 Å². The van der Waals surface area contributed by atoms with Gasteiger partial charge in [0.2, 0.25) is 0 Å². The summed E-state index contributed by atoms with van der Waals surface area (Å²) in [5.74, 6) is -0.750. The first-order valence-corrected chi connectivity index (χ1v) is 10.6. The molecule has 10 heteroatoms. The van der Waals surface area contributed by atoms with E-state index in [1.165, 1.54) is 30.3 Å². The van der Waals surface area contributed by atoms with Gasteiger partial charge in [0, 0.05) is 7.05 Å². The zero-order valence-electron chi connectivity index (χ0n) is 14.2. The Kier molecular flexibility index (Phi) is 5.00. The van der Waals surface area contributed by atoms with Gasteiger partial charge in [-0.15, -0.1) is 0 Å². The number of amides is 1. The van der Waals surface area contributed by atoms with Crippen LogP contribution < -0.4 is 9.50 Å². The Bertz CT molecular complexity index is 1040. The van der Waals surface area contributed by atoms with Crippen molar-refractivity contribution in [2.45, 2.75) is 5.54 Å². The van der Waals surface area contributed by atoms with Crippen molar-refractivity contribution in [1.29, 1.82) is 0 Å². The molecule has 0 saturated carbocycles. The lowest BCUT2D eigenvalue weighted by atomic mass is 9.81. The maximum absolute atomic E-state index is 13.7. The van der Waals surface area contributed by atoms with Gasteiger partial charge in [0.05, 0.1) is 10.7 Å². The number of rotatable bonds is 4. The molecule has 27 heavy (non-hydrogen) atoms. The summed E-state index contributed by atoms with van der Waals surface area (Å²) >= 11 is 8.37. The number of carbonyl (C=O) groups is 1. The molecule has 0 aromatic heterocycles. The molecule has 142 valence electrons. The predicted octanol–water partition coefficient (Wildman–Crippen LogP) is 2.52. The van der Waals surface area contributed by atoms with Gasteiger partial charge in [-0.25, -0.2) is 4.39 Å². The maximum Gasteiger partial charge on any atom is 0.306 e. The fourth-order valence-electron chi connectivity index (χ4n) is 3.04. The van der Waals surface area contributed by atoms with E-state index in [1.807, 2.05) is 0 Å². The number of halogens is 2. The third-order valence-corrected chi connectivity index (χ3v) is 5.69. The number of nitrogens with one attached hydrogen (secondary N) is 1. The van der Waals surface area contributed by atoms with Crippen molar-refractivity contribution in [3.8, 4) is 5.75 Å². The second-order valence-electron chi connectivity index (χ2n) is 5.97. The zero-order chi connectivity index (χ0) is 20.0. The van der Waals surface area contributed by atoms with Crippen LogP contribution in [0.2, 0.25) is 0 Å². The Morgan fingerprint density at radius 1 is 1.19 bits per heavy atom. The zero-order valence-corrected chi connectivity index (χ0v) is 17.4. The van der Waals surface area contributed by atoms with Gasteiger partial charge in [0.15, 0.2) is 10.7 Å². The van der Waals surface area contributed by atoms with Crippen LogP contribution in [-0.4, -0.2) is 37.6 Å². The van der Waals surface area contributed by atoms with Crippen molar-refractivity contribution in [3.63, 3.8) is 0 Å². The van der Waals surface area contributed by atoms with Crippen LogP contribution in [0.3, 0.4) is 0 Å². The van der Waals surface area contributed by atoms with Crippen LogP contribution in [0.4, 0.5) is 4.39 Å². The van der Waals surface area contributed by atoms with Crippen molar-refractivity contribution < 1.29 is 21.8 Å². The summed E-state index contributed by atoms with van der Waals surface area (Å²) < 4.78 is 41.4. The van der Waals surface area contributed by atoms with Crippen molar-refractivity contribution in [3.05, 3.63) is 63.9 Å². The molecule has 1 amide bonds. The van der Waals surface area contributed by atoms with Crippen LogP contribution in [0.1, 0.15) is 11.1 Å². The van der Waals surface area contributed by atoms with Gasteiger partial charge in [0.25, 0.3) is 5.91 Å². The minimum absolute atomic E-state index is 0.111. The Morgan fingerprint density at radius 2 is 1.78 bits per heavy atom. The summed E-state index contributed by atoms with van der Waals surface area (Å²) in [5.41, 5.74) is -0.328. The Morgan fingerprint density at radius 3 is 2.26 bits per heavy atom. The van der Waals surface area contributed by atoms with Gasteiger partial charge in [-0.1, -0.05) is 18.2 Å². The summed E-state index contributed by atoms with van der Waals surface area (Å²) in [6.45, 7) is 0. The van der Waals surface area contributed by atoms with Gasteiger partial charge in [-0.3, -0.25) is 4.79 Å². The van der Waals surface area contributed by atoms with Gasteiger partial charge in [-0.05, 0) is 63.5 Å². The number of carbonyl (C=O) groups excluding carboxylic acids is 1. The summed E-state index contributed by atoms with van der Waals surface area (Å²) in [6, 6.07) is 10.3. The predicted molar refractivity (Wildman–Crippen MR) is 105 cm³/mol. The molecule has 2 aromatic carbocycles. The SMILES string of the molecule is CN1C(=S)NC(=O)C1(c1ccc(OS(C)(=O)=O)cc1)c1ccc(F)c(Br)c1. The van der Waals surface area contributed by atoms with E-state index in [0.29, 0.717) is 11.1 Å². The van der Waals surface area contributed by atoms with Crippen LogP contribution in [0.25, 0.3) is 0 Å². The number of likely N-dealkylation sites (N-methyl/N-ethyl adjacent to an activating group) is 1. The topological polar surface area (TPSA) is 75.7 Å². The van der Waals surface area contributed by atoms with Crippen molar-refractivity contribution >= 4 is 49.3 Å². The van der Waals surface area contributed by atoms with Gasteiger partial charge in [-0.2, -0.15) is 8.42 Å². The molecular weight excluding hydrogens is 459 g/mol. The van der Waals surface area contributed by atoms with Crippen LogP contribution in [-0.2, 0) is 20.5 Å². The molecule has 0 spiro atoms. The normalized spacial score (nSPS) is 19.9. The molecule has 1 aliphatic rings. The fraction of sp³-hybridized carbons (Fsp3) is 0.176. The van der Waals surface area contributed by atoms with Crippen LogP contribution in [0.5, 0.6) is 5.75 Å². The molecule has 3 rings (SSSR count). The highest BCUT2D eigenvalue weighted by Crippen LogP contribution is 2.40. The molecule has 1 fully saturated rings.